The molecule has 6 nitrogen and oxygen atoms in total. The molecule has 3 unspecified atom stereocenters. The first-order valence-electron chi connectivity index (χ1n) is 10.3. The van der Waals surface area contributed by atoms with E-state index >= 15 is 0 Å². The summed E-state index contributed by atoms with van der Waals surface area (Å²) in [5.74, 6) is 0.610. The van der Waals surface area contributed by atoms with Crippen molar-refractivity contribution in [3.05, 3.63) is 102 Å². The van der Waals surface area contributed by atoms with Crippen LogP contribution in [-0.2, 0) is 16.1 Å². The number of amides is 2. The molecule has 0 aliphatic carbocycles. The van der Waals surface area contributed by atoms with E-state index in [1.54, 1.807) is 16.1 Å². The van der Waals surface area contributed by atoms with Gasteiger partial charge in [0.05, 0.1) is 18.3 Å². The summed E-state index contributed by atoms with van der Waals surface area (Å²) in [6, 6.07) is 22.0. The fourth-order valence-corrected chi connectivity index (χ4v) is 4.26. The number of cyclic esters (lactones) is 1. The fourth-order valence-electron chi connectivity index (χ4n) is 4.26. The molecule has 0 N–H and O–H groups in total. The quantitative estimate of drug-likeness (QED) is 0.565. The number of ether oxygens (including phenoxy) is 1. The third-order valence-corrected chi connectivity index (χ3v) is 5.81. The zero-order valence-electron chi connectivity index (χ0n) is 16.8. The molecule has 3 atom stereocenters. The molecule has 2 aromatic carbocycles. The SMILES string of the molecule is O=C1C(N2C(=O)OCC2c2ccccc2)C(C=Cc2ccco2)N1Cc1ccccc1. The van der Waals surface area contributed by atoms with E-state index in [4.69, 9.17) is 9.15 Å². The van der Waals surface area contributed by atoms with E-state index in [2.05, 4.69) is 0 Å². The molecule has 2 aliphatic heterocycles. The number of hydrogen-bond acceptors (Lipinski definition) is 4. The molecule has 0 saturated carbocycles. The van der Waals surface area contributed by atoms with Gasteiger partial charge in [0.25, 0.3) is 0 Å². The lowest BCUT2D eigenvalue weighted by molar-refractivity contribution is -0.155. The van der Waals surface area contributed by atoms with Gasteiger partial charge in [-0.15, -0.1) is 0 Å². The maximum atomic E-state index is 13.3. The highest BCUT2D eigenvalue weighted by molar-refractivity contribution is 5.94. The Morgan fingerprint density at radius 2 is 1.68 bits per heavy atom. The second kappa shape index (κ2) is 8.14. The van der Waals surface area contributed by atoms with Crippen molar-refractivity contribution in [1.82, 2.24) is 9.80 Å². The van der Waals surface area contributed by atoms with Crippen LogP contribution < -0.4 is 0 Å². The Kier molecular flexibility index (Phi) is 5.04. The van der Waals surface area contributed by atoms with E-state index in [0.717, 1.165) is 11.1 Å². The first-order chi connectivity index (χ1) is 15.2. The summed E-state index contributed by atoms with van der Waals surface area (Å²) in [7, 11) is 0. The summed E-state index contributed by atoms with van der Waals surface area (Å²) < 4.78 is 10.8. The highest BCUT2D eigenvalue weighted by Gasteiger charge is 2.55. The average Bonchev–Trinajstić information content (AvgIpc) is 3.46. The summed E-state index contributed by atoms with van der Waals surface area (Å²) >= 11 is 0. The topological polar surface area (TPSA) is 63.0 Å². The Balaban J connectivity index is 1.45. The number of β-lactam (4-membered cyclic amide) rings is 1. The van der Waals surface area contributed by atoms with Crippen LogP contribution in [0.2, 0.25) is 0 Å². The van der Waals surface area contributed by atoms with Crippen molar-refractivity contribution in [3.8, 4) is 0 Å². The molecule has 2 saturated heterocycles. The van der Waals surface area contributed by atoms with E-state index in [1.165, 1.54) is 0 Å². The van der Waals surface area contributed by atoms with E-state index in [9.17, 15) is 9.59 Å². The van der Waals surface area contributed by atoms with Gasteiger partial charge in [-0.1, -0.05) is 66.7 Å². The maximum Gasteiger partial charge on any atom is 0.411 e. The minimum atomic E-state index is -0.616. The number of benzene rings is 2. The van der Waals surface area contributed by atoms with Crippen LogP contribution in [0.5, 0.6) is 0 Å². The Labute approximate surface area is 180 Å². The zero-order chi connectivity index (χ0) is 21.2. The Morgan fingerprint density at radius 3 is 2.39 bits per heavy atom. The van der Waals surface area contributed by atoms with E-state index in [-0.39, 0.29) is 24.6 Å². The van der Waals surface area contributed by atoms with Crippen LogP contribution in [0.15, 0.2) is 89.6 Å². The van der Waals surface area contributed by atoms with Gasteiger partial charge in [0.15, 0.2) is 0 Å². The van der Waals surface area contributed by atoms with Gasteiger partial charge in [-0.25, -0.2) is 4.79 Å². The number of carbonyl (C=O) groups excluding carboxylic acids is 2. The van der Waals surface area contributed by atoms with Crippen molar-refractivity contribution in [2.45, 2.75) is 24.7 Å². The van der Waals surface area contributed by atoms with Crippen molar-refractivity contribution in [1.29, 1.82) is 0 Å². The van der Waals surface area contributed by atoms with Crippen molar-refractivity contribution in [2.24, 2.45) is 0 Å². The second-order valence-electron chi connectivity index (χ2n) is 7.67. The zero-order valence-corrected chi connectivity index (χ0v) is 16.8. The summed E-state index contributed by atoms with van der Waals surface area (Å²) in [4.78, 5) is 29.3. The largest absolute Gasteiger partial charge is 0.465 e. The molecule has 2 fully saturated rings. The van der Waals surface area contributed by atoms with Gasteiger partial charge in [0.2, 0.25) is 5.91 Å². The number of hydrogen-bond donors (Lipinski definition) is 0. The summed E-state index contributed by atoms with van der Waals surface area (Å²) in [5, 5.41) is 0. The Morgan fingerprint density at radius 1 is 0.935 bits per heavy atom. The van der Waals surface area contributed by atoms with Gasteiger partial charge in [0, 0.05) is 6.54 Å². The third-order valence-electron chi connectivity index (χ3n) is 5.81. The lowest BCUT2D eigenvalue weighted by Gasteiger charge is -2.49. The molecule has 1 aromatic heterocycles. The average molecular weight is 414 g/mol. The molecule has 6 heteroatoms. The predicted octanol–water partition coefficient (Wildman–Crippen LogP) is 4.27. The number of carbonyl (C=O) groups is 2. The van der Waals surface area contributed by atoms with Gasteiger partial charge in [-0.3, -0.25) is 9.69 Å². The van der Waals surface area contributed by atoms with Gasteiger partial charge < -0.3 is 14.1 Å². The number of nitrogens with zero attached hydrogens (tertiary/aromatic N) is 2. The molecular weight excluding hydrogens is 392 g/mol. The van der Waals surface area contributed by atoms with Crippen LogP contribution in [0, 0.1) is 0 Å². The van der Waals surface area contributed by atoms with E-state index < -0.39 is 12.1 Å². The van der Waals surface area contributed by atoms with E-state index in [0.29, 0.717) is 12.3 Å². The summed E-state index contributed by atoms with van der Waals surface area (Å²) in [6.45, 7) is 0.710. The van der Waals surface area contributed by atoms with Gasteiger partial charge in [-0.05, 0) is 29.3 Å². The molecule has 156 valence electrons. The summed E-state index contributed by atoms with van der Waals surface area (Å²) in [6.07, 6.45) is 4.93. The van der Waals surface area contributed by atoms with Gasteiger partial charge in [-0.2, -0.15) is 0 Å². The first-order valence-corrected chi connectivity index (χ1v) is 10.3. The standard InChI is InChI=1S/C25H22N2O4/c28-24-23(27-22(17-31-25(27)29)19-10-5-2-6-11-19)21(14-13-20-12-7-15-30-20)26(24)16-18-8-3-1-4-9-18/h1-15,21-23H,16-17H2. The Hall–Kier alpha value is -3.80. The van der Waals surface area contributed by atoms with Crippen LogP contribution in [0.1, 0.15) is 22.9 Å². The van der Waals surface area contributed by atoms with Crippen molar-refractivity contribution in [3.63, 3.8) is 0 Å². The molecule has 0 bridgehead atoms. The van der Waals surface area contributed by atoms with Crippen LogP contribution in [0.25, 0.3) is 6.08 Å². The smallest absolute Gasteiger partial charge is 0.411 e. The molecule has 2 amide bonds. The molecule has 3 heterocycles. The van der Waals surface area contributed by atoms with Crippen molar-refractivity contribution in [2.75, 3.05) is 6.61 Å². The minimum Gasteiger partial charge on any atom is -0.465 e. The molecule has 5 rings (SSSR count). The van der Waals surface area contributed by atoms with Crippen molar-refractivity contribution >= 4 is 18.1 Å². The lowest BCUT2D eigenvalue weighted by atomic mass is 9.90. The van der Waals surface area contributed by atoms with Crippen LogP contribution >= 0.6 is 0 Å². The molecule has 0 radical (unpaired) electrons. The second-order valence-corrected chi connectivity index (χ2v) is 7.67. The minimum absolute atomic E-state index is 0.0854. The highest BCUT2D eigenvalue weighted by Crippen LogP contribution is 2.37. The molecular formula is C25H22N2O4. The van der Waals surface area contributed by atoms with Crippen LogP contribution in [0.3, 0.4) is 0 Å². The predicted molar refractivity (Wildman–Crippen MR) is 115 cm³/mol. The van der Waals surface area contributed by atoms with Crippen molar-refractivity contribution < 1.29 is 18.7 Å². The first kappa shape index (κ1) is 19.2. The lowest BCUT2D eigenvalue weighted by Crippen LogP contribution is -2.69. The number of likely N-dealkylation sites (tertiary alicyclic amines) is 1. The highest BCUT2D eigenvalue weighted by atomic mass is 16.6. The van der Waals surface area contributed by atoms with E-state index in [1.807, 2.05) is 84.9 Å². The van der Waals surface area contributed by atoms with Gasteiger partial charge in [0.1, 0.15) is 18.4 Å². The monoisotopic (exact) mass is 414 g/mol. The third kappa shape index (κ3) is 3.61. The number of rotatable bonds is 6. The fraction of sp³-hybridized carbons (Fsp3) is 0.200. The normalized spacial score (nSPS) is 23.3. The Bertz CT molecular complexity index is 1080. The van der Waals surface area contributed by atoms with Crippen LogP contribution in [0.4, 0.5) is 4.79 Å². The summed E-state index contributed by atoms with van der Waals surface area (Å²) in [5.41, 5.74) is 1.99. The van der Waals surface area contributed by atoms with Gasteiger partial charge >= 0.3 is 6.09 Å². The maximum absolute atomic E-state index is 13.3. The molecule has 31 heavy (non-hydrogen) atoms. The number of furan rings is 1. The molecule has 3 aromatic rings. The molecule has 2 aliphatic rings. The van der Waals surface area contributed by atoms with Crippen LogP contribution in [-0.4, -0.2) is 40.5 Å². The molecule has 0 spiro atoms.